The largest absolute Gasteiger partial charge is 0.756 e. The van der Waals surface area contributed by atoms with E-state index in [0.29, 0.717) is 17.4 Å². The number of carbonyl (C=O) groups is 1. The third-order valence-electron chi connectivity index (χ3n) is 14.5. The Bertz CT molecular complexity index is 1670. The third-order valence-corrected chi connectivity index (χ3v) is 15.4. The summed E-state index contributed by atoms with van der Waals surface area (Å²) in [6.07, 6.45) is 89.1. The van der Waals surface area contributed by atoms with Gasteiger partial charge < -0.3 is 28.8 Å². The van der Waals surface area contributed by atoms with Crippen LogP contribution < -0.4 is 10.2 Å². The van der Waals surface area contributed by atoms with Gasteiger partial charge in [-0.25, -0.2) is 0 Å². The highest BCUT2D eigenvalue weighted by Crippen LogP contribution is 2.38. The van der Waals surface area contributed by atoms with Gasteiger partial charge in [-0.15, -0.1) is 0 Å². The molecule has 0 fully saturated rings. The lowest BCUT2D eigenvalue weighted by molar-refractivity contribution is -0.870. The topological polar surface area (TPSA) is 108 Å². The van der Waals surface area contributed by atoms with Crippen molar-refractivity contribution in [2.45, 2.75) is 296 Å². The van der Waals surface area contributed by atoms with Crippen molar-refractivity contribution < 1.29 is 32.9 Å². The summed E-state index contributed by atoms with van der Waals surface area (Å²) >= 11 is 0. The van der Waals surface area contributed by atoms with Crippen LogP contribution in [0.2, 0.25) is 0 Å². The molecule has 0 bridgehead atoms. The minimum absolute atomic E-state index is 0.00956. The average molecular weight is 1140 g/mol. The van der Waals surface area contributed by atoms with E-state index >= 15 is 0 Å². The van der Waals surface area contributed by atoms with Gasteiger partial charge in [-0.1, -0.05) is 297 Å². The van der Waals surface area contributed by atoms with Crippen LogP contribution in [-0.4, -0.2) is 68.5 Å². The van der Waals surface area contributed by atoms with Crippen LogP contribution in [0.3, 0.4) is 0 Å². The van der Waals surface area contributed by atoms with Crippen LogP contribution in [0, 0.1) is 0 Å². The molecule has 0 aliphatic carbocycles. The van der Waals surface area contributed by atoms with E-state index in [1.807, 2.05) is 27.2 Å². The fourth-order valence-electron chi connectivity index (χ4n) is 9.33. The molecule has 9 heteroatoms. The molecule has 0 rings (SSSR count). The van der Waals surface area contributed by atoms with Gasteiger partial charge in [0, 0.05) is 6.42 Å². The van der Waals surface area contributed by atoms with Crippen LogP contribution in [0.15, 0.2) is 109 Å². The zero-order valence-electron chi connectivity index (χ0n) is 52.7. The second kappa shape index (κ2) is 60.7. The summed E-state index contributed by atoms with van der Waals surface area (Å²) in [6.45, 7) is 4.53. The first-order chi connectivity index (χ1) is 39.0. The number of nitrogens with zero attached hydrogens (tertiary/aromatic N) is 1. The first-order valence-corrected chi connectivity index (χ1v) is 34.7. The molecular formula is C71H127N2O6P. The number of hydrogen-bond donors (Lipinski definition) is 2. The Morgan fingerprint density at radius 3 is 1.16 bits per heavy atom. The van der Waals surface area contributed by atoms with Crippen molar-refractivity contribution in [2.75, 3.05) is 40.9 Å². The third kappa shape index (κ3) is 62.8. The maximum absolute atomic E-state index is 13.0. The van der Waals surface area contributed by atoms with Crippen molar-refractivity contribution >= 4 is 13.7 Å². The minimum atomic E-state index is -4.61. The number of phosphoric ester groups is 1. The van der Waals surface area contributed by atoms with Gasteiger partial charge >= 0.3 is 0 Å². The lowest BCUT2D eigenvalue weighted by Crippen LogP contribution is -2.45. The van der Waals surface area contributed by atoms with E-state index in [1.165, 1.54) is 180 Å². The van der Waals surface area contributed by atoms with E-state index in [4.69, 9.17) is 9.05 Å². The predicted molar refractivity (Wildman–Crippen MR) is 348 cm³/mol. The number of phosphoric acid groups is 1. The number of rotatable bonds is 60. The van der Waals surface area contributed by atoms with E-state index < -0.39 is 26.6 Å². The molecule has 0 aromatic heterocycles. The SMILES string of the molecule is CC/C=C\C/C=C\C/C=C\C/C=C\C/C=C\C/C=C\C/C=C\CCCCCCCCCCCCCCCCCC(=O)NC(COP(=O)([O-])OCC[N+](C)(C)C)C(O)/C=C/CC/C=C/CCCCCCCCCCCCCCCCC. The van der Waals surface area contributed by atoms with Gasteiger partial charge in [0.2, 0.25) is 5.91 Å². The molecule has 462 valence electrons. The Morgan fingerprint density at radius 2 is 0.775 bits per heavy atom. The second-order valence-electron chi connectivity index (χ2n) is 23.4. The van der Waals surface area contributed by atoms with Crippen LogP contribution in [-0.2, 0) is 18.4 Å². The summed E-state index contributed by atoms with van der Waals surface area (Å²) in [6, 6.07) is -0.910. The summed E-state index contributed by atoms with van der Waals surface area (Å²) < 4.78 is 23.4. The van der Waals surface area contributed by atoms with E-state index in [-0.39, 0.29) is 12.5 Å². The van der Waals surface area contributed by atoms with Crippen LogP contribution in [0.1, 0.15) is 284 Å². The van der Waals surface area contributed by atoms with E-state index in [0.717, 1.165) is 83.5 Å². The van der Waals surface area contributed by atoms with Gasteiger partial charge in [0.1, 0.15) is 13.2 Å². The summed E-state index contributed by atoms with van der Waals surface area (Å²) in [4.78, 5) is 25.6. The van der Waals surface area contributed by atoms with Crippen LogP contribution >= 0.6 is 7.82 Å². The normalized spacial score (nSPS) is 14.4. The Kier molecular flexibility index (Phi) is 58.6. The first-order valence-electron chi connectivity index (χ1n) is 33.2. The molecule has 0 aliphatic rings. The van der Waals surface area contributed by atoms with Crippen LogP contribution in [0.25, 0.3) is 0 Å². The molecule has 0 heterocycles. The average Bonchev–Trinajstić information content (AvgIpc) is 3.42. The molecule has 3 atom stereocenters. The highest BCUT2D eigenvalue weighted by Gasteiger charge is 2.23. The number of aliphatic hydroxyl groups is 1. The van der Waals surface area contributed by atoms with Gasteiger partial charge in [0.15, 0.2) is 0 Å². The first kappa shape index (κ1) is 77.2. The van der Waals surface area contributed by atoms with Gasteiger partial charge in [-0.3, -0.25) is 9.36 Å². The number of allylic oxidation sites excluding steroid dienone is 17. The van der Waals surface area contributed by atoms with Crippen molar-refractivity contribution in [3.8, 4) is 0 Å². The highest BCUT2D eigenvalue weighted by atomic mass is 31.2. The van der Waals surface area contributed by atoms with Crippen molar-refractivity contribution in [1.82, 2.24) is 5.32 Å². The zero-order valence-corrected chi connectivity index (χ0v) is 53.6. The number of nitrogens with one attached hydrogen (secondary N) is 1. The molecule has 1 amide bonds. The number of hydrogen-bond acceptors (Lipinski definition) is 6. The molecule has 80 heavy (non-hydrogen) atoms. The van der Waals surface area contributed by atoms with Gasteiger partial charge in [-0.05, 0) is 89.9 Å². The highest BCUT2D eigenvalue weighted by molar-refractivity contribution is 7.45. The number of likely N-dealkylation sites (N-methyl/N-ethyl adjacent to an activating group) is 1. The Balaban J connectivity index is 4.11. The molecule has 2 N–H and O–H groups in total. The predicted octanol–water partition coefficient (Wildman–Crippen LogP) is 20.5. The lowest BCUT2D eigenvalue weighted by Gasteiger charge is -2.29. The number of aliphatic hydroxyl groups excluding tert-OH is 1. The Labute approximate surface area is 495 Å². The molecule has 0 radical (unpaired) electrons. The van der Waals surface area contributed by atoms with E-state index in [1.54, 1.807) is 6.08 Å². The van der Waals surface area contributed by atoms with Gasteiger partial charge in [0.25, 0.3) is 7.82 Å². The molecule has 0 saturated carbocycles. The fraction of sp³-hybridized carbons (Fsp3) is 0.732. The quantitative estimate of drug-likeness (QED) is 0.0272. The number of unbranched alkanes of at least 4 members (excludes halogenated alkanes) is 31. The number of quaternary nitrogens is 1. The number of amides is 1. The standard InChI is InChI=1S/C71H127N2O6P/c1-6-8-10-12-14-16-18-20-22-24-26-28-29-30-31-32-33-34-35-36-37-38-39-40-41-42-43-45-47-49-51-53-55-57-59-61-63-65-71(75)72-69(68-79-80(76,77)78-67-66-73(3,4)5)70(74)64-62-60-58-56-54-52-50-48-46-44-27-25-23-21-19-17-15-13-11-9-7-2/h8,10,14,16,20,22,26,28,30-31,33-34,36-37,54,56,62,64,69-70,74H,6-7,9,11-13,15,17-19,21,23-25,27,29,32,35,38-53,55,57-61,63,65-68H2,1-5H3,(H-,72,75,76,77)/b10-8-,16-14-,22-20-,28-26-,31-30-,34-33-,37-36-,56-54+,64-62+. The summed E-state index contributed by atoms with van der Waals surface area (Å²) in [5, 5.41) is 13.9. The van der Waals surface area contributed by atoms with Gasteiger partial charge in [-0.2, -0.15) is 0 Å². The molecular weight excluding hydrogens is 1010 g/mol. The summed E-state index contributed by atoms with van der Waals surface area (Å²) in [7, 11) is 1.24. The molecule has 8 nitrogen and oxygen atoms in total. The van der Waals surface area contributed by atoms with E-state index in [9.17, 15) is 19.4 Å². The zero-order chi connectivity index (χ0) is 58.4. The lowest BCUT2D eigenvalue weighted by atomic mass is 10.0. The monoisotopic (exact) mass is 1130 g/mol. The van der Waals surface area contributed by atoms with Crippen molar-refractivity contribution in [3.05, 3.63) is 109 Å². The maximum atomic E-state index is 13.0. The molecule has 0 aromatic carbocycles. The summed E-state index contributed by atoms with van der Waals surface area (Å²) in [5.41, 5.74) is 0. The number of carbonyl (C=O) groups excluding carboxylic acids is 1. The van der Waals surface area contributed by atoms with Crippen molar-refractivity contribution in [1.29, 1.82) is 0 Å². The molecule has 3 unspecified atom stereocenters. The van der Waals surface area contributed by atoms with Gasteiger partial charge in [0.05, 0.1) is 39.9 Å². The fourth-order valence-corrected chi connectivity index (χ4v) is 10.1. The summed E-state index contributed by atoms with van der Waals surface area (Å²) in [5.74, 6) is -0.208. The van der Waals surface area contributed by atoms with Crippen LogP contribution in [0.4, 0.5) is 0 Å². The minimum Gasteiger partial charge on any atom is -0.756 e. The van der Waals surface area contributed by atoms with Crippen molar-refractivity contribution in [3.63, 3.8) is 0 Å². The Morgan fingerprint density at radius 1 is 0.450 bits per heavy atom. The molecule has 0 spiro atoms. The Hall–Kier alpha value is -2.84. The molecule has 0 aromatic rings. The second-order valence-corrected chi connectivity index (χ2v) is 24.8. The maximum Gasteiger partial charge on any atom is 0.268 e. The van der Waals surface area contributed by atoms with Crippen molar-refractivity contribution in [2.24, 2.45) is 0 Å². The molecule has 0 aliphatic heterocycles. The van der Waals surface area contributed by atoms with Crippen LogP contribution in [0.5, 0.6) is 0 Å². The van der Waals surface area contributed by atoms with E-state index in [2.05, 4.69) is 116 Å². The smallest absolute Gasteiger partial charge is 0.268 e. The molecule has 0 saturated heterocycles.